The summed E-state index contributed by atoms with van der Waals surface area (Å²) in [6.45, 7) is 0.833. The maximum Gasteiger partial charge on any atom is 0.254 e. The largest absolute Gasteiger partial charge is 0.472 e. The van der Waals surface area contributed by atoms with Gasteiger partial charge in [0.15, 0.2) is 11.6 Å². The summed E-state index contributed by atoms with van der Waals surface area (Å²) >= 11 is 0. The summed E-state index contributed by atoms with van der Waals surface area (Å²) in [4.78, 5) is 18.1. The maximum absolute atomic E-state index is 13.3. The number of halogens is 2. The average molecular weight is 343 g/mol. The van der Waals surface area contributed by atoms with Gasteiger partial charge in [0.1, 0.15) is 6.10 Å². The fraction of sp³-hybridized carbons (Fsp3) is 0.278. The average Bonchev–Trinajstić information content (AvgIpc) is 2.64. The van der Waals surface area contributed by atoms with E-state index in [2.05, 4.69) is 4.98 Å². The molecule has 1 atom stereocenters. The van der Waals surface area contributed by atoms with Crippen molar-refractivity contribution in [3.63, 3.8) is 0 Å². The van der Waals surface area contributed by atoms with Gasteiger partial charge in [-0.25, -0.2) is 13.8 Å². The van der Waals surface area contributed by atoms with Crippen molar-refractivity contribution in [3.8, 4) is 11.9 Å². The predicted octanol–water partition coefficient (Wildman–Crippen LogP) is 2.92. The van der Waals surface area contributed by atoms with Crippen molar-refractivity contribution in [2.24, 2.45) is 0 Å². The lowest BCUT2D eigenvalue weighted by molar-refractivity contribution is 0.0527. The third kappa shape index (κ3) is 3.91. The van der Waals surface area contributed by atoms with Gasteiger partial charge < -0.3 is 9.64 Å². The summed E-state index contributed by atoms with van der Waals surface area (Å²) in [7, 11) is 0. The van der Waals surface area contributed by atoms with Crippen LogP contribution in [-0.4, -0.2) is 35.0 Å². The van der Waals surface area contributed by atoms with E-state index in [1.165, 1.54) is 18.3 Å². The van der Waals surface area contributed by atoms with Gasteiger partial charge in [0.05, 0.1) is 18.2 Å². The zero-order chi connectivity index (χ0) is 17.8. The van der Waals surface area contributed by atoms with Crippen LogP contribution < -0.4 is 4.74 Å². The highest BCUT2D eigenvalue weighted by Gasteiger charge is 2.26. The molecule has 1 saturated heterocycles. The molecule has 5 nitrogen and oxygen atoms in total. The van der Waals surface area contributed by atoms with Gasteiger partial charge in [0.2, 0.25) is 5.88 Å². The van der Waals surface area contributed by atoms with Crippen molar-refractivity contribution in [1.29, 1.82) is 5.26 Å². The van der Waals surface area contributed by atoms with Gasteiger partial charge in [-0.2, -0.15) is 5.26 Å². The molecular weight excluding hydrogens is 328 g/mol. The van der Waals surface area contributed by atoms with E-state index in [1.54, 1.807) is 11.0 Å². The Bertz CT molecular complexity index is 835. The number of nitriles is 1. The molecule has 3 rings (SSSR count). The molecule has 0 N–H and O–H groups in total. The molecule has 25 heavy (non-hydrogen) atoms. The Hall–Kier alpha value is -3.01. The molecule has 1 aliphatic rings. The molecular formula is C18H15F2N3O2. The van der Waals surface area contributed by atoms with Crippen molar-refractivity contribution < 1.29 is 18.3 Å². The van der Waals surface area contributed by atoms with E-state index in [1.807, 2.05) is 6.07 Å². The SMILES string of the molecule is N#Cc1ccnc(O[C@H]2CCCN(C(=O)c3ccc(F)c(F)c3)C2)c1. The minimum Gasteiger partial charge on any atom is -0.472 e. The smallest absolute Gasteiger partial charge is 0.254 e. The van der Waals surface area contributed by atoms with Crippen molar-refractivity contribution in [3.05, 3.63) is 59.3 Å². The molecule has 1 aliphatic heterocycles. The highest BCUT2D eigenvalue weighted by atomic mass is 19.2. The third-order valence-corrected chi connectivity index (χ3v) is 3.98. The standard InChI is InChI=1S/C18H15F2N3O2/c19-15-4-3-13(9-16(15)20)18(24)23-7-1-2-14(11-23)25-17-8-12(10-21)5-6-22-17/h3-6,8-9,14H,1-2,7,11H2/t14-/m0/s1. The van der Waals surface area contributed by atoms with Crippen LogP contribution in [0.25, 0.3) is 0 Å². The molecule has 0 unspecified atom stereocenters. The van der Waals surface area contributed by atoms with Crippen molar-refractivity contribution >= 4 is 5.91 Å². The highest BCUT2D eigenvalue weighted by Crippen LogP contribution is 2.20. The van der Waals surface area contributed by atoms with Gasteiger partial charge in [-0.1, -0.05) is 0 Å². The topological polar surface area (TPSA) is 66.2 Å². The number of amides is 1. The number of hydrogen-bond donors (Lipinski definition) is 0. The molecule has 0 radical (unpaired) electrons. The number of carbonyl (C=O) groups is 1. The third-order valence-electron chi connectivity index (χ3n) is 3.98. The number of carbonyl (C=O) groups excluding carboxylic acids is 1. The van der Waals surface area contributed by atoms with Gasteiger partial charge in [-0.05, 0) is 37.1 Å². The Labute approximate surface area is 143 Å². The van der Waals surface area contributed by atoms with Crippen molar-refractivity contribution in [2.75, 3.05) is 13.1 Å². The fourth-order valence-electron chi connectivity index (χ4n) is 2.74. The van der Waals surface area contributed by atoms with E-state index in [-0.39, 0.29) is 17.6 Å². The molecule has 0 bridgehead atoms. The number of ether oxygens (including phenoxy) is 1. The fourth-order valence-corrected chi connectivity index (χ4v) is 2.74. The lowest BCUT2D eigenvalue weighted by Gasteiger charge is -2.32. The molecule has 128 valence electrons. The molecule has 1 aromatic heterocycles. The van der Waals surface area contributed by atoms with Gasteiger partial charge in [0.25, 0.3) is 5.91 Å². The van der Waals surface area contributed by atoms with E-state index < -0.39 is 11.6 Å². The van der Waals surface area contributed by atoms with Gasteiger partial charge in [-0.3, -0.25) is 4.79 Å². The van der Waals surface area contributed by atoms with Crippen molar-refractivity contribution in [1.82, 2.24) is 9.88 Å². The van der Waals surface area contributed by atoms with Crippen molar-refractivity contribution in [2.45, 2.75) is 18.9 Å². The number of hydrogen-bond acceptors (Lipinski definition) is 4. The normalized spacial score (nSPS) is 17.0. The second-order valence-corrected chi connectivity index (χ2v) is 5.76. The Kier molecular flexibility index (Phi) is 4.89. The second-order valence-electron chi connectivity index (χ2n) is 5.76. The Morgan fingerprint density at radius 2 is 2.12 bits per heavy atom. The van der Waals surface area contributed by atoms with E-state index in [0.29, 0.717) is 24.5 Å². The summed E-state index contributed by atoms with van der Waals surface area (Å²) in [5.74, 6) is -2.08. The zero-order valence-corrected chi connectivity index (χ0v) is 13.3. The summed E-state index contributed by atoms with van der Waals surface area (Å²) in [5, 5.41) is 8.91. The van der Waals surface area contributed by atoms with Crippen LogP contribution in [-0.2, 0) is 0 Å². The molecule has 7 heteroatoms. The summed E-state index contributed by atoms with van der Waals surface area (Å²) in [6.07, 6.45) is 2.67. The molecule has 1 amide bonds. The first kappa shape index (κ1) is 16.8. The monoisotopic (exact) mass is 343 g/mol. The lowest BCUT2D eigenvalue weighted by Crippen LogP contribution is -2.44. The summed E-state index contributed by atoms with van der Waals surface area (Å²) in [6, 6.07) is 8.24. The van der Waals surface area contributed by atoms with E-state index in [0.717, 1.165) is 25.0 Å². The quantitative estimate of drug-likeness (QED) is 0.859. The number of pyridine rings is 1. The number of aromatic nitrogens is 1. The molecule has 2 aromatic rings. The minimum atomic E-state index is -1.05. The molecule has 1 fully saturated rings. The highest BCUT2D eigenvalue weighted by molar-refractivity contribution is 5.94. The molecule has 0 saturated carbocycles. The van der Waals surface area contributed by atoms with E-state index in [9.17, 15) is 13.6 Å². The Morgan fingerprint density at radius 3 is 2.88 bits per heavy atom. The molecule has 0 spiro atoms. The first-order valence-electron chi connectivity index (χ1n) is 7.84. The van der Waals surface area contributed by atoms with Crippen LogP contribution in [0.3, 0.4) is 0 Å². The number of benzene rings is 1. The van der Waals surface area contributed by atoms with Gasteiger partial charge in [-0.15, -0.1) is 0 Å². The van der Waals surface area contributed by atoms with Crippen LogP contribution in [0.1, 0.15) is 28.8 Å². The first-order valence-corrected chi connectivity index (χ1v) is 7.84. The van der Waals surface area contributed by atoms with E-state index in [4.69, 9.17) is 10.00 Å². The molecule has 1 aromatic carbocycles. The zero-order valence-electron chi connectivity index (χ0n) is 13.3. The van der Waals surface area contributed by atoms with Crippen LogP contribution in [0.2, 0.25) is 0 Å². The molecule has 2 heterocycles. The van der Waals surface area contributed by atoms with Crippen LogP contribution >= 0.6 is 0 Å². The number of piperidine rings is 1. The van der Waals surface area contributed by atoms with Gasteiger partial charge in [0, 0.05) is 24.4 Å². The second kappa shape index (κ2) is 7.26. The van der Waals surface area contributed by atoms with Crippen LogP contribution in [0, 0.1) is 23.0 Å². The van der Waals surface area contributed by atoms with Crippen LogP contribution in [0.4, 0.5) is 8.78 Å². The summed E-state index contributed by atoms with van der Waals surface area (Å²) in [5.41, 5.74) is 0.541. The first-order chi connectivity index (χ1) is 12.1. The minimum absolute atomic E-state index is 0.101. The lowest BCUT2D eigenvalue weighted by atomic mass is 10.1. The summed E-state index contributed by atoms with van der Waals surface area (Å²) < 4.78 is 32.1. The Morgan fingerprint density at radius 1 is 1.28 bits per heavy atom. The van der Waals surface area contributed by atoms with Crippen LogP contribution in [0.15, 0.2) is 36.5 Å². The van der Waals surface area contributed by atoms with E-state index >= 15 is 0 Å². The number of rotatable bonds is 3. The number of nitrogens with zero attached hydrogens (tertiary/aromatic N) is 3. The van der Waals surface area contributed by atoms with Crippen LogP contribution in [0.5, 0.6) is 5.88 Å². The Balaban J connectivity index is 1.69. The predicted molar refractivity (Wildman–Crippen MR) is 84.9 cm³/mol. The molecule has 0 aliphatic carbocycles. The number of likely N-dealkylation sites (tertiary alicyclic amines) is 1. The van der Waals surface area contributed by atoms with Gasteiger partial charge >= 0.3 is 0 Å². The maximum atomic E-state index is 13.3.